The molecule has 0 saturated heterocycles. The Labute approximate surface area is 186 Å². The zero-order valence-electron chi connectivity index (χ0n) is 18.0. The van der Waals surface area contributed by atoms with E-state index in [1.54, 1.807) is 36.4 Å². The van der Waals surface area contributed by atoms with Crippen molar-refractivity contribution in [3.8, 4) is 5.75 Å². The lowest BCUT2D eigenvalue weighted by molar-refractivity contribution is -0.125. The average Bonchev–Trinajstić information content (AvgIpc) is 2.79. The highest BCUT2D eigenvalue weighted by atomic mass is 16.5. The van der Waals surface area contributed by atoms with Gasteiger partial charge in [0.1, 0.15) is 5.75 Å². The molecule has 32 heavy (non-hydrogen) atoms. The van der Waals surface area contributed by atoms with Crippen molar-refractivity contribution in [1.82, 2.24) is 5.32 Å². The maximum absolute atomic E-state index is 12.6. The number of hydrogen-bond donors (Lipinski definition) is 3. The molecule has 0 radical (unpaired) electrons. The molecule has 0 heterocycles. The minimum absolute atomic E-state index is 0.188. The van der Waals surface area contributed by atoms with Gasteiger partial charge in [-0.1, -0.05) is 48.5 Å². The van der Waals surface area contributed by atoms with Gasteiger partial charge in [0, 0.05) is 11.4 Å². The molecule has 3 rings (SSSR count). The molecule has 3 aromatic carbocycles. The Kier molecular flexibility index (Phi) is 7.59. The van der Waals surface area contributed by atoms with E-state index >= 15 is 0 Å². The highest BCUT2D eigenvalue weighted by molar-refractivity contribution is 6.06. The molecule has 0 atom stereocenters. The van der Waals surface area contributed by atoms with Crippen molar-refractivity contribution >= 4 is 29.1 Å². The summed E-state index contributed by atoms with van der Waals surface area (Å²) in [6, 6.07) is 21.4. The van der Waals surface area contributed by atoms with E-state index in [1.807, 2.05) is 50.2 Å². The Morgan fingerprint density at radius 2 is 1.41 bits per heavy atom. The minimum atomic E-state index is -0.472. The first-order valence-corrected chi connectivity index (χ1v) is 10.1. The maximum Gasteiger partial charge on any atom is 0.259 e. The van der Waals surface area contributed by atoms with E-state index in [-0.39, 0.29) is 30.7 Å². The van der Waals surface area contributed by atoms with Crippen molar-refractivity contribution in [2.75, 3.05) is 23.8 Å². The number of aryl methyl sites for hydroxylation is 2. The standard InChI is InChI=1S/C25H25N3O4/c1-17-9-8-10-18(2)24(17)28-22(29)15-26-23(30)16-32-21-14-7-6-13-20(21)25(31)27-19-11-4-3-5-12-19/h3-14H,15-16H2,1-2H3,(H,26,30)(H,27,31)(H,28,29). The Bertz CT molecular complexity index is 1090. The van der Waals surface area contributed by atoms with Crippen molar-refractivity contribution < 1.29 is 19.1 Å². The van der Waals surface area contributed by atoms with Crippen LogP contribution in [0.3, 0.4) is 0 Å². The van der Waals surface area contributed by atoms with Gasteiger partial charge in [-0.25, -0.2) is 0 Å². The number of benzene rings is 3. The van der Waals surface area contributed by atoms with Crippen LogP contribution in [0.25, 0.3) is 0 Å². The third-order valence-electron chi connectivity index (χ3n) is 4.71. The number of rotatable bonds is 8. The minimum Gasteiger partial charge on any atom is -0.483 e. The summed E-state index contributed by atoms with van der Waals surface area (Å²) in [5, 5.41) is 8.12. The Morgan fingerprint density at radius 3 is 2.12 bits per heavy atom. The van der Waals surface area contributed by atoms with Crippen molar-refractivity contribution in [3.05, 3.63) is 89.5 Å². The smallest absolute Gasteiger partial charge is 0.259 e. The van der Waals surface area contributed by atoms with Crippen LogP contribution in [0.1, 0.15) is 21.5 Å². The maximum atomic E-state index is 12.6. The molecular formula is C25H25N3O4. The molecule has 7 heteroatoms. The predicted molar refractivity (Wildman–Crippen MR) is 124 cm³/mol. The Morgan fingerprint density at radius 1 is 0.750 bits per heavy atom. The molecular weight excluding hydrogens is 406 g/mol. The van der Waals surface area contributed by atoms with Gasteiger partial charge in [0.2, 0.25) is 5.91 Å². The average molecular weight is 431 g/mol. The summed E-state index contributed by atoms with van der Waals surface area (Å²) >= 11 is 0. The predicted octanol–water partition coefficient (Wildman–Crippen LogP) is 3.69. The third kappa shape index (κ3) is 6.18. The number of nitrogens with one attached hydrogen (secondary N) is 3. The fraction of sp³-hybridized carbons (Fsp3) is 0.160. The normalized spacial score (nSPS) is 10.2. The van der Waals surface area contributed by atoms with E-state index in [2.05, 4.69) is 16.0 Å². The number of carbonyl (C=O) groups is 3. The zero-order valence-corrected chi connectivity index (χ0v) is 18.0. The molecule has 3 N–H and O–H groups in total. The number of carbonyl (C=O) groups excluding carboxylic acids is 3. The first-order chi connectivity index (χ1) is 15.4. The number of para-hydroxylation sites is 3. The molecule has 0 aliphatic carbocycles. The molecule has 3 amide bonds. The fourth-order valence-electron chi connectivity index (χ4n) is 3.07. The summed E-state index contributed by atoms with van der Waals surface area (Å²) in [4.78, 5) is 36.9. The van der Waals surface area contributed by atoms with Gasteiger partial charge in [-0.3, -0.25) is 14.4 Å². The van der Waals surface area contributed by atoms with Crippen molar-refractivity contribution in [2.45, 2.75) is 13.8 Å². The Hall–Kier alpha value is -4.13. The van der Waals surface area contributed by atoms with Crippen LogP contribution < -0.4 is 20.7 Å². The van der Waals surface area contributed by atoms with Crippen molar-refractivity contribution in [1.29, 1.82) is 0 Å². The van der Waals surface area contributed by atoms with E-state index in [0.717, 1.165) is 16.8 Å². The van der Waals surface area contributed by atoms with Gasteiger partial charge in [0.05, 0.1) is 12.1 Å². The van der Waals surface area contributed by atoms with Crippen LogP contribution in [0.15, 0.2) is 72.8 Å². The van der Waals surface area contributed by atoms with E-state index in [0.29, 0.717) is 11.3 Å². The van der Waals surface area contributed by atoms with E-state index < -0.39 is 5.91 Å². The monoisotopic (exact) mass is 431 g/mol. The SMILES string of the molecule is Cc1cccc(C)c1NC(=O)CNC(=O)COc1ccccc1C(=O)Nc1ccccc1. The molecule has 0 bridgehead atoms. The topological polar surface area (TPSA) is 96.5 Å². The van der Waals surface area contributed by atoms with Crippen molar-refractivity contribution in [2.24, 2.45) is 0 Å². The third-order valence-corrected chi connectivity index (χ3v) is 4.71. The summed E-state index contributed by atoms with van der Waals surface area (Å²) in [5.74, 6) is -0.880. The second kappa shape index (κ2) is 10.8. The molecule has 0 aromatic heterocycles. The van der Waals surface area contributed by atoms with Crippen LogP contribution in [0.2, 0.25) is 0 Å². The van der Waals surface area contributed by atoms with Gasteiger partial charge < -0.3 is 20.7 Å². The molecule has 0 unspecified atom stereocenters. The summed E-state index contributed by atoms with van der Waals surface area (Å²) in [6.45, 7) is 3.29. The van der Waals surface area contributed by atoms with E-state index in [9.17, 15) is 14.4 Å². The molecule has 3 aromatic rings. The number of ether oxygens (including phenoxy) is 1. The second-order valence-electron chi connectivity index (χ2n) is 7.20. The molecule has 164 valence electrons. The van der Waals surface area contributed by atoms with Crippen LogP contribution in [-0.4, -0.2) is 30.9 Å². The first-order valence-electron chi connectivity index (χ1n) is 10.1. The van der Waals surface area contributed by atoms with Gasteiger partial charge in [0.15, 0.2) is 6.61 Å². The summed E-state index contributed by atoms with van der Waals surface area (Å²) in [6.07, 6.45) is 0. The van der Waals surface area contributed by atoms with Crippen LogP contribution in [0.4, 0.5) is 11.4 Å². The number of amides is 3. The molecule has 0 aliphatic rings. The van der Waals surface area contributed by atoms with Gasteiger partial charge >= 0.3 is 0 Å². The van der Waals surface area contributed by atoms with Gasteiger partial charge in [-0.05, 0) is 49.2 Å². The van der Waals surface area contributed by atoms with Crippen LogP contribution in [-0.2, 0) is 9.59 Å². The molecule has 0 spiro atoms. The largest absolute Gasteiger partial charge is 0.483 e. The molecule has 7 nitrogen and oxygen atoms in total. The van der Waals surface area contributed by atoms with E-state index in [1.165, 1.54) is 0 Å². The van der Waals surface area contributed by atoms with Gasteiger partial charge in [-0.15, -0.1) is 0 Å². The lowest BCUT2D eigenvalue weighted by Gasteiger charge is -2.13. The van der Waals surface area contributed by atoms with Crippen LogP contribution >= 0.6 is 0 Å². The van der Waals surface area contributed by atoms with E-state index in [4.69, 9.17) is 4.74 Å². The molecule has 0 fully saturated rings. The highest BCUT2D eigenvalue weighted by Crippen LogP contribution is 2.20. The lowest BCUT2D eigenvalue weighted by atomic mass is 10.1. The quantitative estimate of drug-likeness (QED) is 0.507. The lowest BCUT2D eigenvalue weighted by Crippen LogP contribution is -2.36. The summed E-state index contributed by atoms with van der Waals surface area (Å²) in [7, 11) is 0. The number of hydrogen-bond acceptors (Lipinski definition) is 4. The fourth-order valence-corrected chi connectivity index (χ4v) is 3.07. The molecule has 0 saturated carbocycles. The highest BCUT2D eigenvalue weighted by Gasteiger charge is 2.14. The van der Waals surface area contributed by atoms with Gasteiger partial charge in [0.25, 0.3) is 11.8 Å². The second-order valence-corrected chi connectivity index (χ2v) is 7.20. The zero-order chi connectivity index (χ0) is 22.9. The van der Waals surface area contributed by atoms with Gasteiger partial charge in [-0.2, -0.15) is 0 Å². The first kappa shape index (κ1) is 22.6. The number of anilines is 2. The van der Waals surface area contributed by atoms with Crippen LogP contribution in [0.5, 0.6) is 5.75 Å². The van der Waals surface area contributed by atoms with Crippen LogP contribution in [0, 0.1) is 13.8 Å². The molecule has 0 aliphatic heterocycles. The Balaban J connectivity index is 1.52. The summed E-state index contributed by atoms with van der Waals surface area (Å²) < 4.78 is 5.54. The summed E-state index contributed by atoms with van der Waals surface area (Å²) in [5.41, 5.74) is 3.58. The van der Waals surface area contributed by atoms with Crippen molar-refractivity contribution in [3.63, 3.8) is 0 Å².